The molecule has 2 atom stereocenters. The molecule has 0 radical (unpaired) electrons. The van der Waals surface area contributed by atoms with Crippen LogP contribution in [-0.4, -0.2) is 60.8 Å². The van der Waals surface area contributed by atoms with Gasteiger partial charge in [-0.3, -0.25) is 4.21 Å². The molecule has 2 aliphatic heterocycles. The van der Waals surface area contributed by atoms with Gasteiger partial charge in [-0.25, -0.2) is 12.7 Å². The van der Waals surface area contributed by atoms with Gasteiger partial charge >= 0.3 is 0 Å². The van der Waals surface area contributed by atoms with E-state index in [1.54, 1.807) is 13.1 Å². The van der Waals surface area contributed by atoms with E-state index in [-0.39, 0.29) is 17.1 Å². The summed E-state index contributed by atoms with van der Waals surface area (Å²) in [5.41, 5.74) is 3.03. The van der Waals surface area contributed by atoms with E-state index >= 15 is 0 Å². The summed E-state index contributed by atoms with van der Waals surface area (Å²) in [5.74, 6) is 0.650. The normalized spacial score (nSPS) is 19.8. The summed E-state index contributed by atoms with van der Waals surface area (Å²) in [4.78, 5) is 3.46. The van der Waals surface area contributed by atoms with Crippen molar-refractivity contribution < 1.29 is 12.6 Å². The molecule has 1 unspecified atom stereocenters. The number of rotatable bonds is 9. The largest absolute Gasteiger partial charge is 0.303 e. The summed E-state index contributed by atoms with van der Waals surface area (Å²) >= 11 is 12.6. The fraction of sp³-hybridized carbons (Fsp3) is 0.400. The minimum Gasteiger partial charge on any atom is -0.303 e. The Morgan fingerprint density at radius 1 is 0.974 bits per heavy atom. The Morgan fingerprint density at radius 2 is 1.67 bits per heavy atom. The minimum atomic E-state index is -3.49. The summed E-state index contributed by atoms with van der Waals surface area (Å²) < 4.78 is 40.7. The van der Waals surface area contributed by atoms with Crippen molar-refractivity contribution in [3.05, 3.63) is 99.5 Å². The molecule has 5 rings (SSSR count). The molecule has 2 aliphatic rings. The lowest BCUT2D eigenvalue weighted by molar-refractivity contribution is 0.165. The van der Waals surface area contributed by atoms with Crippen molar-refractivity contribution >= 4 is 44.0 Å². The van der Waals surface area contributed by atoms with Gasteiger partial charge < -0.3 is 4.90 Å². The highest BCUT2D eigenvalue weighted by Gasteiger charge is 2.44. The van der Waals surface area contributed by atoms with Crippen molar-refractivity contribution in [3.8, 4) is 0 Å². The molecule has 39 heavy (non-hydrogen) atoms. The van der Waals surface area contributed by atoms with E-state index in [0.717, 1.165) is 60.7 Å². The molecule has 1 saturated heterocycles. The minimum absolute atomic E-state index is 0.00674. The molecule has 0 bridgehead atoms. The highest BCUT2D eigenvalue weighted by molar-refractivity contribution is 7.88. The predicted molar refractivity (Wildman–Crippen MR) is 161 cm³/mol. The SMILES string of the molecule is CN(C[C@@H](CCN1CCC2(CC1)CS(=O)c1ccccc12)c1ccc(Cl)c(Cl)c1)S(=O)(=O)Cc1ccccc1. The van der Waals surface area contributed by atoms with E-state index in [4.69, 9.17) is 23.2 Å². The van der Waals surface area contributed by atoms with Crippen molar-refractivity contribution in [3.63, 3.8) is 0 Å². The fourth-order valence-corrected chi connectivity index (χ4v) is 9.32. The third kappa shape index (κ3) is 6.45. The van der Waals surface area contributed by atoms with Crippen LogP contribution in [0.3, 0.4) is 0 Å². The lowest BCUT2D eigenvalue weighted by atomic mass is 9.74. The first-order chi connectivity index (χ1) is 18.7. The number of benzene rings is 3. The molecule has 2 heterocycles. The van der Waals surface area contributed by atoms with Crippen LogP contribution < -0.4 is 0 Å². The van der Waals surface area contributed by atoms with Crippen LogP contribution in [0.2, 0.25) is 10.0 Å². The van der Waals surface area contributed by atoms with Gasteiger partial charge in [-0.1, -0.05) is 77.8 Å². The van der Waals surface area contributed by atoms with E-state index in [0.29, 0.717) is 16.6 Å². The number of likely N-dealkylation sites (tertiary alicyclic amines) is 1. The summed E-state index contributed by atoms with van der Waals surface area (Å²) in [6.45, 7) is 3.07. The van der Waals surface area contributed by atoms with Crippen LogP contribution in [0.15, 0.2) is 77.7 Å². The molecule has 0 aliphatic carbocycles. The van der Waals surface area contributed by atoms with Crippen LogP contribution in [0.1, 0.15) is 41.9 Å². The number of nitrogens with zero attached hydrogens (tertiary/aromatic N) is 2. The molecular formula is C30H34Cl2N2O3S2. The second kappa shape index (κ2) is 12.0. The summed E-state index contributed by atoms with van der Waals surface area (Å²) in [6, 6.07) is 23.1. The van der Waals surface area contributed by atoms with Gasteiger partial charge in [0.2, 0.25) is 10.0 Å². The lowest BCUT2D eigenvalue weighted by Crippen LogP contribution is -2.44. The first kappa shape index (κ1) is 28.8. The molecule has 0 amide bonds. The van der Waals surface area contributed by atoms with E-state index in [1.807, 2.05) is 54.6 Å². The molecule has 0 N–H and O–H groups in total. The van der Waals surface area contributed by atoms with Crippen LogP contribution >= 0.6 is 23.2 Å². The Bertz CT molecular complexity index is 1440. The number of halogens is 2. The van der Waals surface area contributed by atoms with Crippen molar-refractivity contribution in [2.24, 2.45) is 0 Å². The van der Waals surface area contributed by atoms with Crippen molar-refractivity contribution in [2.75, 3.05) is 39.0 Å². The van der Waals surface area contributed by atoms with Gasteiger partial charge in [0.15, 0.2) is 0 Å². The molecule has 1 spiro atoms. The van der Waals surface area contributed by atoms with Crippen molar-refractivity contribution in [2.45, 2.75) is 41.2 Å². The molecule has 3 aromatic rings. The van der Waals surface area contributed by atoms with Gasteiger partial charge in [0.1, 0.15) is 0 Å². The quantitative estimate of drug-likeness (QED) is 0.297. The van der Waals surface area contributed by atoms with Gasteiger partial charge in [0.25, 0.3) is 0 Å². The van der Waals surface area contributed by atoms with E-state index < -0.39 is 20.8 Å². The topological polar surface area (TPSA) is 57.7 Å². The number of sulfonamides is 1. The number of hydrogen-bond acceptors (Lipinski definition) is 4. The standard InChI is InChI=1S/C30H34Cl2N2O3S2/c1-33(39(36,37)21-23-7-3-2-4-8-23)20-25(24-11-12-27(31)28(32)19-24)13-16-34-17-14-30(15-18-34)22-38(35)29-10-6-5-9-26(29)30/h2-12,19,25H,13-18,20-22H2,1H3/t25-,38?/m1/s1. The highest BCUT2D eigenvalue weighted by atomic mass is 35.5. The Balaban J connectivity index is 1.27. The first-order valence-corrected chi connectivity index (χ1v) is 17.0. The van der Waals surface area contributed by atoms with Crippen LogP contribution in [0.25, 0.3) is 0 Å². The monoisotopic (exact) mass is 604 g/mol. The van der Waals surface area contributed by atoms with Crippen LogP contribution in [0, 0.1) is 0 Å². The zero-order valence-corrected chi connectivity index (χ0v) is 25.2. The van der Waals surface area contributed by atoms with Crippen LogP contribution in [0.4, 0.5) is 0 Å². The van der Waals surface area contributed by atoms with Crippen molar-refractivity contribution in [1.82, 2.24) is 9.21 Å². The number of piperidine rings is 1. The van der Waals surface area contributed by atoms with Gasteiger partial charge in [0.05, 0.1) is 26.6 Å². The van der Waals surface area contributed by atoms with Crippen molar-refractivity contribution in [1.29, 1.82) is 0 Å². The second-order valence-electron chi connectivity index (χ2n) is 10.8. The zero-order chi connectivity index (χ0) is 27.6. The summed E-state index contributed by atoms with van der Waals surface area (Å²) in [7, 11) is -2.76. The molecule has 0 aromatic heterocycles. The third-order valence-electron chi connectivity index (χ3n) is 8.28. The highest BCUT2D eigenvalue weighted by Crippen LogP contribution is 2.45. The Hall–Kier alpha value is -1.74. The molecular weight excluding hydrogens is 571 g/mol. The third-order valence-corrected chi connectivity index (χ3v) is 12.5. The Kier molecular flexibility index (Phi) is 8.86. The van der Waals surface area contributed by atoms with Gasteiger partial charge in [-0.2, -0.15) is 0 Å². The molecule has 5 nitrogen and oxygen atoms in total. The maximum atomic E-state index is 13.2. The molecule has 208 valence electrons. The van der Waals surface area contributed by atoms with Crippen LogP contribution in [-0.2, 0) is 32.0 Å². The molecule has 1 fully saturated rings. The number of hydrogen-bond donors (Lipinski definition) is 0. The number of fused-ring (bicyclic) bond motifs is 2. The van der Waals surface area contributed by atoms with Gasteiger partial charge in [-0.15, -0.1) is 0 Å². The van der Waals surface area contributed by atoms with Gasteiger partial charge in [-0.05, 0) is 79.7 Å². The maximum absolute atomic E-state index is 13.2. The Morgan fingerprint density at radius 3 is 2.38 bits per heavy atom. The average Bonchev–Trinajstić information content (AvgIpc) is 3.20. The first-order valence-electron chi connectivity index (χ1n) is 13.3. The van der Waals surface area contributed by atoms with E-state index in [2.05, 4.69) is 17.0 Å². The average molecular weight is 606 g/mol. The smallest absolute Gasteiger partial charge is 0.218 e. The molecule has 0 saturated carbocycles. The second-order valence-corrected chi connectivity index (χ2v) is 15.1. The van der Waals surface area contributed by atoms with E-state index in [1.165, 1.54) is 9.87 Å². The Labute approximate surface area is 244 Å². The lowest BCUT2D eigenvalue weighted by Gasteiger charge is -2.40. The number of likely N-dealkylation sites (N-methyl/N-ethyl adjacent to an activating group) is 1. The van der Waals surface area contributed by atoms with Crippen LogP contribution in [0.5, 0.6) is 0 Å². The zero-order valence-electron chi connectivity index (χ0n) is 22.1. The van der Waals surface area contributed by atoms with Gasteiger partial charge in [0, 0.05) is 29.7 Å². The molecule has 9 heteroatoms. The summed E-state index contributed by atoms with van der Waals surface area (Å²) in [5, 5.41) is 0.960. The molecule has 3 aromatic carbocycles. The fourth-order valence-electron chi connectivity index (χ4n) is 5.92. The summed E-state index contributed by atoms with van der Waals surface area (Å²) in [6.07, 6.45) is 2.76. The predicted octanol–water partition coefficient (Wildman–Crippen LogP) is 6.08. The van der Waals surface area contributed by atoms with E-state index in [9.17, 15) is 12.6 Å². The maximum Gasteiger partial charge on any atom is 0.218 e.